The Morgan fingerprint density at radius 1 is 1.19 bits per heavy atom. The summed E-state index contributed by atoms with van der Waals surface area (Å²) in [4.78, 5) is 38.9. The number of rotatable bonds is 6. The highest BCUT2D eigenvalue weighted by Gasteiger charge is 2.35. The molecule has 0 aliphatic heterocycles. The molecule has 0 atom stereocenters. The van der Waals surface area contributed by atoms with Gasteiger partial charge in [-0.3, -0.25) is 14.2 Å². The maximum atomic E-state index is 14.5. The molecule has 0 bridgehead atoms. The summed E-state index contributed by atoms with van der Waals surface area (Å²) in [5.41, 5.74) is -4.97. The quantitative estimate of drug-likeness (QED) is 0.403. The second-order valence-electron chi connectivity index (χ2n) is 6.19. The van der Waals surface area contributed by atoms with Crippen molar-refractivity contribution in [3.8, 4) is 23.1 Å². The second kappa shape index (κ2) is 8.83. The van der Waals surface area contributed by atoms with Crippen molar-refractivity contribution in [3.63, 3.8) is 0 Å². The van der Waals surface area contributed by atoms with Crippen molar-refractivity contribution < 1.29 is 31.8 Å². The number of carbonyl (C=O) groups is 1. The van der Waals surface area contributed by atoms with Gasteiger partial charge in [-0.2, -0.15) is 13.2 Å². The van der Waals surface area contributed by atoms with Crippen LogP contribution < -0.4 is 20.7 Å². The summed E-state index contributed by atoms with van der Waals surface area (Å²) in [5.74, 6) is -1.14. The normalized spacial score (nSPS) is 11.3. The molecule has 0 aliphatic rings. The van der Waals surface area contributed by atoms with Gasteiger partial charge in [-0.15, -0.1) is 0 Å². The number of nitrogens with zero attached hydrogens (tertiary/aromatic N) is 3. The lowest BCUT2D eigenvalue weighted by Gasteiger charge is -2.15. The van der Waals surface area contributed by atoms with E-state index >= 15 is 0 Å². The summed E-state index contributed by atoms with van der Waals surface area (Å²) in [6, 6.07) is 4.57. The van der Waals surface area contributed by atoms with Crippen LogP contribution in [0.1, 0.15) is 5.69 Å². The van der Waals surface area contributed by atoms with Crippen LogP contribution in [0.25, 0.3) is 5.69 Å². The van der Waals surface area contributed by atoms with E-state index in [1.54, 1.807) is 0 Å². The minimum Gasteiger partial charge on any atom is -0.470 e. The Bertz CT molecular complexity index is 1290. The van der Waals surface area contributed by atoms with Crippen LogP contribution in [0.3, 0.4) is 0 Å². The first-order chi connectivity index (χ1) is 15.0. The van der Waals surface area contributed by atoms with Crippen molar-refractivity contribution in [2.24, 2.45) is 7.05 Å². The van der Waals surface area contributed by atoms with Gasteiger partial charge in [0.25, 0.3) is 5.56 Å². The molecule has 3 aromatic rings. The molecule has 3 rings (SSSR count). The molecule has 32 heavy (non-hydrogen) atoms. The van der Waals surface area contributed by atoms with Gasteiger partial charge in [0.15, 0.2) is 6.29 Å². The number of hydrogen-bond acceptors (Lipinski definition) is 6. The third-order valence-corrected chi connectivity index (χ3v) is 4.38. The van der Waals surface area contributed by atoms with E-state index in [1.807, 2.05) is 0 Å². The molecule has 13 heteroatoms. The van der Waals surface area contributed by atoms with Crippen LogP contribution in [0.15, 0.2) is 46.1 Å². The molecule has 0 fully saturated rings. The molecule has 0 saturated heterocycles. The van der Waals surface area contributed by atoms with Gasteiger partial charge in [0.1, 0.15) is 29.6 Å². The molecule has 0 unspecified atom stereocenters. The number of aldehydes is 1. The van der Waals surface area contributed by atoms with Crippen LogP contribution in [-0.2, 0) is 18.0 Å². The summed E-state index contributed by atoms with van der Waals surface area (Å²) in [7, 11) is 0.798. The summed E-state index contributed by atoms with van der Waals surface area (Å²) >= 11 is 5.97. The van der Waals surface area contributed by atoms with Gasteiger partial charge < -0.3 is 9.47 Å². The van der Waals surface area contributed by atoms with Gasteiger partial charge in [-0.25, -0.2) is 18.7 Å². The molecule has 0 aliphatic carbocycles. The largest absolute Gasteiger partial charge is 0.470 e. The number of aromatic nitrogens is 3. The SMILES string of the molecule is Cn1c(C(F)(F)F)cc(=O)n(-c2cc(Oc3ccc(OCC=O)nc3)c(Cl)cc2F)c1=O. The zero-order valence-corrected chi connectivity index (χ0v) is 16.8. The Morgan fingerprint density at radius 3 is 2.50 bits per heavy atom. The number of hydrogen-bond donors (Lipinski definition) is 0. The zero-order valence-electron chi connectivity index (χ0n) is 16.0. The molecular weight excluding hydrogens is 462 g/mol. The Morgan fingerprint density at radius 2 is 1.91 bits per heavy atom. The molecule has 0 saturated carbocycles. The van der Waals surface area contributed by atoms with Gasteiger partial charge in [-0.05, 0) is 12.1 Å². The molecule has 0 spiro atoms. The summed E-state index contributed by atoms with van der Waals surface area (Å²) in [6.45, 7) is -0.211. The van der Waals surface area contributed by atoms with Crippen molar-refractivity contribution in [2.75, 3.05) is 6.61 Å². The van der Waals surface area contributed by atoms with Crippen LogP contribution >= 0.6 is 11.6 Å². The van der Waals surface area contributed by atoms with E-state index in [1.165, 1.54) is 18.3 Å². The fourth-order valence-electron chi connectivity index (χ4n) is 2.65. The van der Waals surface area contributed by atoms with E-state index in [0.717, 1.165) is 19.2 Å². The first kappa shape index (κ1) is 23.0. The summed E-state index contributed by atoms with van der Waals surface area (Å²) < 4.78 is 64.5. The number of ether oxygens (including phenoxy) is 2. The van der Waals surface area contributed by atoms with Crippen LogP contribution in [0.2, 0.25) is 5.02 Å². The Balaban J connectivity index is 2.05. The molecule has 8 nitrogen and oxygen atoms in total. The van der Waals surface area contributed by atoms with Gasteiger partial charge in [-0.1, -0.05) is 11.6 Å². The zero-order chi connectivity index (χ0) is 23.6. The first-order valence-corrected chi connectivity index (χ1v) is 9.00. The number of pyridine rings is 1. The molecule has 1 aromatic carbocycles. The molecule has 2 heterocycles. The van der Waals surface area contributed by atoms with Crippen molar-refractivity contribution in [1.82, 2.24) is 14.1 Å². The fourth-order valence-corrected chi connectivity index (χ4v) is 2.84. The van der Waals surface area contributed by atoms with Crippen molar-refractivity contribution in [2.45, 2.75) is 6.18 Å². The standard InChI is InChI=1S/C19H12ClF4N3O5/c1-26-15(19(22,23)24)8-17(29)27(18(26)30)13-7-14(11(20)6-12(13)21)32-10-2-3-16(25-9-10)31-5-4-28/h2-4,6-9H,5H2,1H3. The molecule has 0 amide bonds. The Hall–Kier alpha value is -3.67. The average molecular weight is 474 g/mol. The highest BCUT2D eigenvalue weighted by atomic mass is 35.5. The minimum atomic E-state index is -4.96. The van der Waals surface area contributed by atoms with Crippen molar-refractivity contribution in [3.05, 3.63) is 73.9 Å². The Kier molecular flexibility index (Phi) is 6.35. The summed E-state index contributed by atoms with van der Waals surface area (Å²) in [5, 5.41) is -0.246. The van der Waals surface area contributed by atoms with Gasteiger partial charge in [0.2, 0.25) is 5.88 Å². The van der Waals surface area contributed by atoms with E-state index in [-0.39, 0.29) is 44.2 Å². The number of benzene rings is 1. The van der Waals surface area contributed by atoms with E-state index in [9.17, 15) is 31.9 Å². The number of alkyl halides is 3. The lowest BCUT2D eigenvalue weighted by Crippen LogP contribution is -2.41. The van der Waals surface area contributed by atoms with Crippen LogP contribution in [0.4, 0.5) is 17.6 Å². The lowest BCUT2D eigenvalue weighted by atomic mass is 10.2. The van der Waals surface area contributed by atoms with Crippen molar-refractivity contribution in [1.29, 1.82) is 0 Å². The maximum Gasteiger partial charge on any atom is 0.431 e. The maximum absolute atomic E-state index is 14.5. The molecule has 168 valence electrons. The topological polar surface area (TPSA) is 92.4 Å². The third-order valence-electron chi connectivity index (χ3n) is 4.09. The first-order valence-electron chi connectivity index (χ1n) is 8.63. The molecule has 0 N–H and O–H groups in total. The predicted molar refractivity (Wildman–Crippen MR) is 103 cm³/mol. The lowest BCUT2D eigenvalue weighted by molar-refractivity contribution is -0.144. The number of carbonyl (C=O) groups excluding carboxylic acids is 1. The minimum absolute atomic E-state index is 0.0931. The third kappa shape index (κ3) is 4.64. The van der Waals surface area contributed by atoms with Gasteiger partial charge in [0, 0.05) is 25.2 Å². The number of halogens is 5. The van der Waals surface area contributed by atoms with E-state index in [4.69, 9.17) is 21.1 Å². The van der Waals surface area contributed by atoms with Gasteiger partial charge in [0.05, 0.1) is 16.9 Å². The fraction of sp³-hybridized carbons (Fsp3) is 0.158. The summed E-state index contributed by atoms with van der Waals surface area (Å²) in [6.07, 6.45) is -3.24. The smallest absolute Gasteiger partial charge is 0.431 e. The van der Waals surface area contributed by atoms with Gasteiger partial charge >= 0.3 is 11.9 Å². The van der Waals surface area contributed by atoms with Crippen molar-refractivity contribution >= 4 is 17.9 Å². The van der Waals surface area contributed by atoms with Crippen LogP contribution in [0, 0.1) is 5.82 Å². The average Bonchev–Trinajstić information content (AvgIpc) is 2.72. The highest BCUT2D eigenvalue weighted by molar-refractivity contribution is 6.32. The molecular formula is C19H12ClF4N3O5. The predicted octanol–water partition coefficient (Wildman–Crippen LogP) is 3.11. The van der Waals surface area contributed by atoms with E-state index < -0.39 is 34.6 Å². The monoisotopic (exact) mass is 473 g/mol. The van der Waals surface area contributed by atoms with Crippen LogP contribution in [0.5, 0.6) is 17.4 Å². The molecule has 2 aromatic heterocycles. The van der Waals surface area contributed by atoms with Crippen LogP contribution in [-0.4, -0.2) is 27.0 Å². The van der Waals surface area contributed by atoms with E-state index in [0.29, 0.717) is 6.29 Å². The van der Waals surface area contributed by atoms with E-state index in [2.05, 4.69) is 4.98 Å². The Labute approximate surface area is 181 Å². The highest BCUT2D eigenvalue weighted by Crippen LogP contribution is 2.33. The molecule has 0 radical (unpaired) electrons. The second-order valence-corrected chi connectivity index (χ2v) is 6.60.